The first-order valence-electron chi connectivity index (χ1n) is 11.4. The summed E-state index contributed by atoms with van der Waals surface area (Å²) in [4.78, 5) is 25.2. The summed E-state index contributed by atoms with van der Waals surface area (Å²) in [5.41, 5.74) is 1.48. The number of benzene rings is 3. The van der Waals surface area contributed by atoms with Crippen LogP contribution in [-0.2, 0) is 4.79 Å². The highest BCUT2D eigenvalue weighted by Crippen LogP contribution is 2.37. The SMILES string of the molecule is CCOc1cc(NC(=O)c2ccccc2)c(OCC)cc1NC(=O)CCCOc1ccccc1. The second-order valence-corrected chi connectivity index (χ2v) is 7.34. The van der Waals surface area contributed by atoms with Gasteiger partial charge in [-0.3, -0.25) is 9.59 Å². The van der Waals surface area contributed by atoms with E-state index in [1.165, 1.54) is 0 Å². The average molecular weight is 463 g/mol. The number of para-hydroxylation sites is 1. The molecule has 0 spiro atoms. The molecule has 0 unspecified atom stereocenters. The standard InChI is InChI=1S/C27H30N2O5/c1-3-32-24-19-23(29-27(31)20-12-7-5-8-13-20)25(33-4-2)18-22(24)28-26(30)16-11-17-34-21-14-9-6-10-15-21/h5-10,12-15,18-19H,3-4,11,16-17H2,1-2H3,(H,28,30)(H,29,31). The molecule has 0 saturated heterocycles. The molecule has 34 heavy (non-hydrogen) atoms. The Bertz CT molecular complexity index is 1070. The molecule has 3 aromatic carbocycles. The zero-order chi connectivity index (χ0) is 24.2. The molecule has 0 aliphatic carbocycles. The van der Waals surface area contributed by atoms with Crippen molar-refractivity contribution in [1.82, 2.24) is 0 Å². The second-order valence-electron chi connectivity index (χ2n) is 7.34. The summed E-state index contributed by atoms with van der Waals surface area (Å²) in [5, 5.41) is 5.77. The molecule has 3 rings (SSSR count). The fourth-order valence-electron chi connectivity index (χ4n) is 3.24. The minimum Gasteiger partial charge on any atom is -0.494 e. The van der Waals surface area contributed by atoms with Crippen LogP contribution in [0.4, 0.5) is 11.4 Å². The first-order valence-corrected chi connectivity index (χ1v) is 11.4. The van der Waals surface area contributed by atoms with Crippen LogP contribution in [0.5, 0.6) is 17.2 Å². The third-order valence-electron chi connectivity index (χ3n) is 4.80. The van der Waals surface area contributed by atoms with Crippen LogP contribution in [0.25, 0.3) is 0 Å². The van der Waals surface area contributed by atoms with Gasteiger partial charge in [-0.25, -0.2) is 0 Å². The Labute approximate surface area is 200 Å². The van der Waals surface area contributed by atoms with Crippen molar-refractivity contribution in [2.24, 2.45) is 0 Å². The molecular formula is C27H30N2O5. The number of ether oxygens (including phenoxy) is 3. The fourth-order valence-corrected chi connectivity index (χ4v) is 3.24. The van der Waals surface area contributed by atoms with Gasteiger partial charge in [0, 0.05) is 24.1 Å². The van der Waals surface area contributed by atoms with Crippen molar-refractivity contribution >= 4 is 23.2 Å². The summed E-state index contributed by atoms with van der Waals surface area (Å²) in [5.74, 6) is 1.23. The number of anilines is 2. The summed E-state index contributed by atoms with van der Waals surface area (Å²) in [7, 11) is 0. The van der Waals surface area contributed by atoms with Crippen molar-refractivity contribution < 1.29 is 23.8 Å². The van der Waals surface area contributed by atoms with E-state index in [-0.39, 0.29) is 18.2 Å². The van der Waals surface area contributed by atoms with Crippen LogP contribution in [0.2, 0.25) is 0 Å². The molecule has 0 atom stereocenters. The Morgan fingerprint density at radius 3 is 1.88 bits per heavy atom. The van der Waals surface area contributed by atoms with E-state index < -0.39 is 0 Å². The van der Waals surface area contributed by atoms with E-state index in [2.05, 4.69) is 10.6 Å². The van der Waals surface area contributed by atoms with E-state index in [9.17, 15) is 9.59 Å². The molecule has 0 heterocycles. The summed E-state index contributed by atoms with van der Waals surface area (Å²) in [6.45, 7) is 4.93. The van der Waals surface area contributed by atoms with Crippen LogP contribution >= 0.6 is 0 Å². The largest absolute Gasteiger partial charge is 0.494 e. The normalized spacial score (nSPS) is 10.3. The number of nitrogens with one attached hydrogen (secondary N) is 2. The van der Waals surface area contributed by atoms with Crippen molar-refractivity contribution in [2.45, 2.75) is 26.7 Å². The lowest BCUT2D eigenvalue weighted by Crippen LogP contribution is -2.16. The molecule has 0 aromatic heterocycles. The molecule has 0 aliphatic rings. The van der Waals surface area contributed by atoms with Crippen LogP contribution < -0.4 is 24.8 Å². The maximum atomic E-state index is 12.7. The molecule has 2 N–H and O–H groups in total. The lowest BCUT2D eigenvalue weighted by molar-refractivity contribution is -0.116. The third kappa shape index (κ3) is 7.27. The predicted molar refractivity (Wildman–Crippen MR) is 133 cm³/mol. The zero-order valence-electron chi connectivity index (χ0n) is 19.5. The number of amides is 2. The van der Waals surface area contributed by atoms with Gasteiger partial charge >= 0.3 is 0 Å². The molecule has 0 saturated carbocycles. The molecule has 178 valence electrons. The van der Waals surface area contributed by atoms with Crippen LogP contribution in [0.15, 0.2) is 72.8 Å². The van der Waals surface area contributed by atoms with Gasteiger partial charge < -0.3 is 24.8 Å². The van der Waals surface area contributed by atoms with Gasteiger partial charge in [-0.1, -0.05) is 36.4 Å². The topological polar surface area (TPSA) is 85.9 Å². The number of carbonyl (C=O) groups is 2. The Kier molecular flexibility index (Phi) is 9.34. The first kappa shape index (κ1) is 24.6. The molecule has 0 radical (unpaired) electrons. The van der Waals surface area contributed by atoms with Crippen LogP contribution in [-0.4, -0.2) is 31.6 Å². The van der Waals surface area contributed by atoms with Gasteiger partial charge in [-0.2, -0.15) is 0 Å². The zero-order valence-corrected chi connectivity index (χ0v) is 19.5. The van der Waals surface area contributed by atoms with Gasteiger partial charge in [0.15, 0.2) is 0 Å². The van der Waals surface area contributed by atoms with Crippen molar-refractivity contribution in [3.63, 3.8) is 0 Å². The second kappa shape index (κ2) is 12.9. The Balaban J connectivity index is 1.68. The van der Waals surface area contributed by atoms with Crippen LogP contribution in [0, 0.1) is 0 Å². The molecule has 3 aromatic rings. The van der Waals surface area contributed by atoms with Crippen LogP contribution in [0.1, 0.15) is 37.0 Å². The minimum absolute atomic E-state index is 0.166. The van der Waals surface area contributed by atoms with E-state index in [1.807, 2.05) is 50.2 Å². The van der Waals surface area contributed by atoms with E-state index in [0.717, 1.165) is 5.75 Å². The van der Waals surface area contributed by atoms with Gasteiger partial charge in [-0.15, -0.1) is 0 Å². The van der Waals surface area contributed by atoms with Crippen molar-refractivity contribution in [3.05, 3.63) is 78.4 Å². The van der Waals surface area contributed by atoms with Crippen LogP contribution in [0.3, 0.4) is 0 Å². The molecule has 0 bridgehead atoms. The highest BCUT2D eigenvalue weighted by Gasteiger charge is 2.17. The summed E-state index contributed by atoms with van der Waals surface area (Å²) in [6.07, 6.45) is 0.850. The van der Waals surface area contributed by atoms with Gasteiger partial charge in [0.25, 0.3) is 5.91 Å². The smallest absolute Gasteiger partial charge is 0.255 e. The number of hydrogen-bond donors (Lipinski definition) is 2. The molecule has 2 amide bonds. The van der Waals surface area contributed by atoms with Crippen molar-refractivity contribution in [3.8, 4) is 17.2 Å². The molecule has 7 nitrogen and oxygen atoms in total. The van der Waals surface area contributed by atoms with Gasteiger partial charge in [0.05, 0.1) is 31.2 Å². The first-order chi connectivity index (χ1) is 16.6. The summed E-state index contributed by atoms with van der Waals surface area (Å²) in [6, 6.07) is 21.7. The lowest BCUT2D eigenvalue weighted by atomic mass is 10.2. The minimum atomic E-state index is -0.265. The number of rotatable bonds is 12. The maximum Gasteiger partial charge on any atom is 0.255 e. The number of hydrogen-bond acceptors (Lipinski definition) is 5. The monoisotopic (exact) mass is 462 g/mol. The van der Waals surface area contributed by atoms with E-state index in [4.69, 9.17) is 14.2 Å². The van der Waals surface area contributed by atoms with Gasteiger partial charge in [-0.05, 0) is 44.5 Å². The molecule has 0 fully saturated rings. The molecule has 0 aliphatic heterocycles. The Morgan fingerprint density at radius 1 is 0.735 bits per heavy atom. The van der Waals surface area contributed by atoms with E-state index in [1.54, 1.807) is 36.4 Å². The van der Waals surface area contributed by atoms with Gasteiger partial charge in [0.1, 0.15) is 17.2 Å². The highest BCUT2D eigenvalue weighted by molar-refractivity contribution is 6.05. The van der Waals surface area contributed by atoms with Gasteiger partial charge in [0.2, 0.25) is 5.91 Å². The Morgan fingerprint density at radius 2 is 1.29 bits per heavy atom. The van der Waals surface area contributed by atoms with E-state index in [0.29, 0.717) is 54.7 Å². The van der Waals surface area contributed by atoms with E-state index >= 15 is 0 Å². The summed E-state index contributed by atoms with van der Waals surface area (Å²) < 4.78 is 17.1. The quantitative estimate of drug-likeness (QED) is 0.346. The summed E-state index contributed by atoms with van der Waals surface area (Å²) >= 11 is 0. The fraction of sp³-hybridized carbons (Fsp3) is 0.259. The molecule has 7 heteroatoms. The third-order valence-corrected chi connectivity index (χ3v) is 4.80. The highest BCUT2D eigenvalue weighted by atomic mass is 16.5. The predicted octanol–water partition coefficient (Wildman–Crippen LogP) is 5.53. The average Bonchev–Trinajstić information content (AvgIpc) is 2.86. The maximum absolute atomic E-state index is 12.7. The van der Waals surface area contributed by atoms with Crippen molar-refractivity contribution in [2.75, 3.05) is 30.5 Å². The number of carbonyl (C=O) groups excluding carboxylic acids is 2. The molecular weight excluding hydrogens is 432 g/mol. The Hall–Kier alpha value is -4.00. The lowest BCUT2D eigenvalue weighted by Gasteiger charge is -2.18. The van der Waals surface area contributed by atoms with Crippen molar-refractivity contribution in [1.29, 1.82) is 0 Å².